The van der Waals surface area contributed by atoms with Crippen molar-refractivity contribution in [3.8, 4) is 5.75 Å². The van der Waals surface area contributed by atoms with Gasteiger partial charge in [-0.3, -0.25) is 4.79 Å². The second-order valence-electron chi connectivity index (χ2n) is 4.07. The SMILES string of the molecule is NC(=O)c1ccc(OOO)cc1NCc1ccccc1. The van der Waals surface area contributed by atoms with Crippen LogP contribution >= 0.6 is 0 Å². The summed E-state index contributed by atoms with van der Waals surface area (Å²) in [6, 6.07) is 14.1. The molecule has 0 aliphatic heterocycles. The molecule has 2 rings (SSSR count). The van der Waals surface area contributed by atoms with Crippen LogP contribution in [0.5, 0.6) is 5.75 Å². The zero-order valence-electron chi connectivity index (χ0n) is 10.6. The van der Waals surface area contributed by atoms with Crippen LogP contribution < -0.4 is 15.9 Å². The Labute approximate surface area is 115 Å². The third-order valence-electron chi connectivity index (χ3n) is 2.72. The normalized spacial score (nSPS) is 10.1. The Morgan fingerprint density at radius 1 is 1.20 bits per heavy atom. The zero-order chi connectivity index (χ0) is 14.4. The van der Waals surface area contributed by atoms with Crippen LogP contribution in [0.1, 0.15) is 15.9 Å². The monoisotopic (exact) mass is 274 g/mol. The van der Waals surface area contributed by atoms with Crippen LogP contribution in [0.15, 0.2) is 48.5 Å². The molecular weight excluding hydrogens is 260 g/mol. The van der Waals surface area contributed by atoms with Crippen LogP contribution in [-0.2, 0) is 11.6 Å². The summed E-state index contributed by atoms with van der Waals surface area (Å²) in [5.74, 6) is -0.315. The second kappa shape index (κ2) is 6.55. The van der Waals surface area contributed by atoms with E-state index in [2.05, 4.69) is 15.2 Å². The zero-order valence-corrected chi connectivity index (χ0v) is 10.6. The van der Waals surface area contributed by atoms with Gasteiger partial charge in [-0.2, -0.15) is 0 Å². The largest absolute Gasteiger partial charge is 0.380 e. The van der Waals surface area contributed by atoms with Crippen LogP contribution in [-0.4, -0.2) is 11.2 Å². The molecule has 0 aliphatic carbocycles. The summed E-state index contributed by atoms with van der Waals surface area (Å²) < 4.78 is 0. The summed E-state index contributed by atoms with van der Waals surface area (Å²) in [6.07, 6.45) is 0. The van der Waals surface area contributed by atoms with E-state index in [1.807, 2.05) is 30.3 Å². The van der Waals surface area contributed by atoms with E-state index < -0.39 is 5.91 Å². The summed E-state index contributed by atoms with van der Waals surface area (Å²) in [5.41, 5.74) is 7.18. The first-order valence-corrected chi connectivity index (χ1v) is 5.90. The minimum Gasteiger partial charge on any atom is -0.380 e. The van der Waals surface area contributed by atoms with Crippen molar-refractivity contribution in [2.75, 3.05) is 5.32 Å². The third-order valence-corrected chi connectivity index (χ3v) is 2.72. The molecule has 0 aliphatic rings. The number of carbonyl (C=O) groups is 1. The molecule has 0 bridgehead atoms. The molecule has 1 amide bonds. The predicted octanol–water partition coefficient (Wildman–Crippen LogP) is 2.18. The van der Waals surface area contributed by atoms with Crippen molar-refractivity contribution < 1.29 is 20.0 Å². The molecule has 0 atom stereocenters. The Hall–Kier alpha value is -2.57. The molecule has 0 aromatic heterocycles. The Morgan fingerprint density at radius 2 is 1.95 bits per heavy atom. The molecule has 2 aromatic carbocycles. The Bertz CT molecular complexity index is 587. The van der Waals surface area contributed by atoms with Crippen molar-refractivity contribution in [3.63, 3.8) is 0 Å². The number of nitrogens with one attached hydrogen (secondary N) is 1. The topological polar surface area (TPSA) is 93.8 Å². The first kappa shape index (κ1) is 13.9. The van der Waals surface area contributed by atoms with Crippen LogP contribution in [0.2, 0.25) is 0 Å². The van der Waals surface area contributed by atoms with E-state index in [4.69, 9.17) is 11.0 Å². The maximum Gasteiger partial charge on any atom is 0.250 e. The van der Waals surface area contributed by atoms with Crippen LogP contribution in [0, 0.1) is 0 Å². The lowest BCUT2D eigenvalue weighted by Gasteiger charge is -2.11. The maximum absolute atomic E-state index is 11.4. The van der Waals surface area contributed by atoms with Gasteiger partial charge in [-0.05, 0) is 22.7 Å². The van der Waals surface area contributed by atoms with Gasteiger partial charge in [-0.15, -0.1) is 0 Å². The lowest BCUT2D eigenvalue weighted by Crippen LogP contribution is -2.14. The van der Waals surface area contributed by atoms with Crippen molar-refractivity contribution in [3.05, 3.63) is 59.7 Å². The standard InChI is InChI=1S/C14H14N2O4/c15-14(17)12-7-6-11(19-20-18)8-13(12)16-9-10-4-2-1-3-5-10/h1-8,16,18H,9H2,(H2,15,17). The van der Waals surface area contributed by atoms with E-state index >= 15 is 0 Å². The Kier molecular flexibility index (Phi) is 4.54. The highest BCUT2D eigenvalue weighted by atomic mass is 17.5. The van der Waals surface area contributed by atoms with Gasteiger partial charge in [0.05, 0.1) is 11.3 Å². The van der Waals surface area contributed by atoms with Gasteiger partial charge in [0.15, 0.2) is 5.75 Å². The number of rotatable bonds is 6. The first-order valence-electron chi connectivity index (χ1n) is 5.90. The van der Waals surface area contributed by atoms with E-state index in [9.17, 15) is 4.79 Å². The maximum atomic E-state index is 11.4. The van der Waals surface area contributed by atoms with Gasteiger partial charge in [0.1, 0.15) is 0 Å². The molecule has 20 heavy (non-hydrogen) atoms. The molecule has 6 nitrogen and oxygen atoms in total. The van der Waals surface area contributed by atoms with Crippen molar-refractivity contribution in [1.82, 2.24) is 0 Å². The van der Waals surface area contributed by atoms with E-state index in [0.29, 0.717) is 17.8 Å². The smallest absolute Gasteiger partial charge is 0.250 e. The fraction of sp³-hybridized carbons (Fsp3) is 0.0714. The van der Waals surface area contributed by atoms with E-state index in [0.717, 1.165) is 5.56 Å². The third kappa shape index (κ3) is 3.47. The number of hydrogen-bond acceptors (Lipinski definition) is 5. The number of nitrogens with two attached hydrogens (primary N) is 1. The van der Waals surface area contributed by atoms with Gasteiger partial charge in [0.2, 0.25) is 0 Å². The van der Waals surface area contributed by atoms with Crippen molar-refractivity contribution >= 4 is 11.6 Å². The minimum atomic E-state index is -0.558. The molecule has 0 spiro atoms. The molecule has 2 aromatic rings. The van der Waals surface area contributed by atoms with E-state index in [1.54, 1.807) is 0 Å². The number of anilines is 1. The highest BCUT2D eigenvalue weighted by molar-refractivity contribution is 5.98. The molecule has 0 heterocycles. The van der Waals surface area contributed by atoms with Gasteiger partial charge in [-0.25, -0.2) is 5.26 Å². The van der Waals surface area contributed by atoms with Crippen molar-refractivity contribution in [2.45, 2.75) is 6.54 Å². The Morgan fingerprint density at radius 3 is 2.60 bits per heavy atom. The van der Waals surface area contributed by atoms with Crippen LogP contribution in [0.4, 0.5) is 5.69 Å². The van der Waals surface area contributed by atoms with Gasteiger partial charge in [0, 0.05) is 12.6 Å². The summed E-state index contributed by atoms with van der Waals surface area (Å²) in [7, 11) is 0. The summed E-state index contributed by atoms with van der Waals surface area (Å²) in [4.78, 5) is 15.9. The molecule has 6 heteroatoms. The lowest BCUT2D eigenvalue weighted by atomic mass is 10.1. The molecule has 0 unspecified atom stereocenters. The number of primary amides is 1. The van der Waals surface area contributed by atoms with E-state index in [1.165, 1.54) is 18.2 Å². The van der Waals surface area contributed by atoms with Crippen molar-refractivity contribution in [1.29, 1.82) is 0 Å². The number of benzene rings is 2. The second-order valence-corrected chi connectivity index (χ2v) is 4.07. The molecule has 0 saturated heterocycles. The molecule has 0 fully saturated rings. The molecule has 104 valence electrons. The number of amides is 1. The highest BCUT2D eigenvalue weighted by Gasteiger charge is 2.10. The van der Waals surface area contributed by atoms with Gasteiger partial charge in [-0.1, -0.05) is 30.3 Å². The Balaban J connectivity index is 2.19. The average Bonchev–Trinajstić information content (AvgIpc) is 2.46. The molecule has 0 radical (unpaired) electrons. The molecule has 4 N–H and O–H groups in total. The lowest BCUT2D eigenvalue weighted by molar-refractivity contribution is -0.438. The van der Waals surface area contributed by atoms with Gasteiger partial charge in [0.25, 0.3) is 5.91 Å². The van der Waals surface area contributed by atoms with Crippen LogP contribution in [0.3, 0.4) is 0 Å². The van der Waals surface area contributed by atoms with Crippen molar-refractivity contribution in [2.24, 2.45) is 5.73 Å². The summed E-state index contributed by atoms with van der Waals surface area (Å²) >= 11 is 0. The highest BCUT2D eigenvalue weighted by Crippen LogP contribution is 2.23. The van der Waals surface area contributed by atoms with Gasteiger partial charge >= 0.3 is 0 Å². The van der Waals surface area contributed by atoms with E-state index in [-0.39, 0.29) is 5.75 Å². The number of carbonyl (C=O) groups excluding carboxylic acids is 1. The molecule has 0 saturated carbocycles. The number of hydrogen-bond donors (Lipinski definition) is 3. The predicted molar refractivity (Wildman–Crippen MR) is 73.1 cm³/mol. The molecular formula is C14H14N2O4. The van der Waals surface area contributed by atoms with Gasteiger partial charge < -0.3 is 15.9 Å². The average molecular weight is 274 g/mol. The fourth-order valence-electron chi connectivity index (χ4n) is 1.77. The summed E-state index contributed by atoms with van der Waals surface area (Å²) in [5, 5.41) is 15.0. The fourth-order valence-corrected chi connectivity index (χ4v) is 1.77. The van der Waals surface area contributed by atoms with Crippen LogP contribution in [0.25, 0.3) is 0 Å². The minimum absolute atomic E-state index is 0.244. The first-order chi connectivity index (χ1) is 9.70. The quantitative estimate of drug-likeness (QED) is 0.554. The summed E-state index contributed by atoms with van der Waals surface area (Å²) in [6.45, 7) is 0.518.